The monoisotopic (exact) mass is 313 g/mol. The van der Waals surface area contributed by atoms with E-state index < -0.39 is 0 Å². The van der Waals surface area contributed by atoms with Gasteiger partial charge in [-0.25, -0.2) is 0 Å². The minimum Gasteiger partial charge on any atom is -0.393 e. The van der Waals surface area contributed by atoms with Crippen molar-refractivity contribution in [3.05, 3.63) is 0 Å². The van der Waals surface area contributed by atoms with Crippen molar-refractivity contribution >= 4 is 23.1 Å². The number of likely N-dealkylation sites (tertiary alicyclic amines) is 1. The molecule has 1 rings (SSSR count). The van der Waals surface area contributed by atoms with Crippen molar-refractivity contribution in [3.63, 3.8) is 0 Å². The van der Waals surface area contributed by atoms with Gasteiger partial charge < -0.3 is 10.6 Å². The Morgan fingerprint density at radius 1 is 1.33 bits per heavy atom. The Morgan fingerprint density at radius 2 is 2.00 bits per heavy atom. The predicted molar refractivity (Wildman–Crippen MR) is 92.3 cm³/mol. The fourth-order valence-electron chi connectivity index (χ4n) is 2.89. The van der Waals surface area contributed by atoms with Gasteiger partial charge in [0.1, 0.15) is 0 Å². The molecule has 4 nitrogen and oxygen atoms in total. The number of nitrogens with two attached hydrogens (primary N) is 1. The Bertz CT molecular complexity index is 365. The van der Waals surface area contributed by atoms with E-state index in [1.807, 2.05) is 7.05 Å². The zero-order valence-corrected chi connectivity index (χ0v) is 14.8. The summed E-state index contributed by atoms with van der Waals surface area (Å²) in [5, 5.41) is 0. The van der Waals surface area contributed by atoms with E-state index in [9.17, 15) is 4.79 Å². The van der Waals surface area contributed by atoms with E-state index in [1.165, 1.54) is 19.3 Å². The highest BCUT2D eigenvalue weighted by molar-refractivity contribution is 7.80. The second-order valence-electron chi connectivity index (χ2n) is 7.30. The zero-order chi connectivity index (χ0) is 16.0. The molecule has 2 N–H and O–H groups in total. The van der Waals surface area contributed by atoms with Crippen molar-refractivity contribution in [2.75, 3.05) is 33.2 Å². The van der Waals surface area contributed by atoms with E-state index in [2.05, 4.69) is 25.7 Å². The Labute approximate surface area is 135 Å². The van der Waals surface area contributed by atoms with Crippen molar-refractivity contribution in [1.82, 2.24) is 9.80 Å². The number of carbonyl (C=O) groups is 1. The first-order valence-corrected chi connectivity index (χ1v) is 8.35. The van der Waals surface area contributed by atoms with Crippen LogP contribution in [0, 0.1) is 11.3 Å². The lowest BCUT2D eigenvalue weighted by molar-refractivity contribution is -0.131. The highest BCUT2D eigenvalue weighted by atomic mass is 32.1. The molecule has 0 aliphatic carbocycles. The molecule has 5 heteroatoms. The number of likely N-dealkylation sites (N-methyl/N-ethyl adjacent to an activating group) is 1. The molecule has 1 fully saturated rings. The fraction of sp³-hybridized carbons (Fsp3) is 0.875. The summed E-state index contributed by atoms with van der Waals surface area (Å²) in [5.74, 6) is 0.922. The summed E-state index contributed by atoms with van der Waals surface area (Å²) in [5.41, 5.74) is 5.85. The number of thiocarbonyl (C=S) groups is 1. The van der Waals surface area contributed by atoms with Gasteiger partial charge in [-0.3, -0.25) is 9.69 Å². The summed E-state index contributed by atoms with van der Waals surface area (Å²) < 4.78 is 0. The lowest BCUT2D eigenvalue weighted by atomic mass is 9.77. The van der Waals surface area contributed by atoms with E-state index >= 15 is 0 Å². The van der Waals surface area contributed by atoms with Crippen molar-refractivity contribution in [2.24, 2.45) is 17.1 Å². The first kappa shape index (κ1) is 18.4. The third kappa shape index (κ3) is 6.74. The molecule has 1 aliphatic rings. The molecule has 0 aromatic carbocycles. The molecule has 1 atom stereocenters. The lowest BCUT2D eigenvalue weighted by Crippen LogP contribution is -2.40. The fourth-order valence-corrected chi connectivity index (χ4v) is 2.99. The summed E-state index contributed by atoms with van der Waals surface area (Å²) in [4.78, 5) is 16.7. The molecule has 1 amide bonds. The van der Waals surface area contributed by atoms with Gasteiger partial charge in [0.05, 0.1) is 11.5 Å². The van der Waals surface area contributed by atoms with Crippen LogP contribution in [-0.4, -0.2) is 53.9 Å². The summed E-state index contributed by atoms with van der Waals surface area (Å²) in [7, 11) is 1.83. The number of amides is 1. The molecule has 1 unspecified atom stereocenters. The standard InChI is InChI=1S/C16H31N3OS/c1-16(2,3)13-6-5-9-19(11-7-13)12-15(20)18(4)10-8-14(17)21/h13H,5-12H2,1-4H3,(H2,17,21). The van der Waals surface area contributed by atoms with E-state index in [-0.39, 0.29) is 5.91 Å². The Hall–Kier alpha value is -0.680. The Morgan fingerprint density at radius 3 is 2.57 bits per heavy atom. The highest BCUT2D eigenvalue weighted by Crippen LogP contribution is 2.34. The summed E-state index contributed by atoms with van der Waals surface area (Å²) in [6.07, 6.45) is 4.24. The smallest absolute Gasteiger partial charge is 0.236 e. The van der Waals surface area contributed by atoms with Crippen molar-refractivity contribution < 1.29 is 4.79 Å². The summed E-state index contributed by atoms with van der Waals surface area (Å²) in [6, 6.07) is 0. The van der Waals surface area contributed by atoms with Gasteiger partial charge >= 0.3 is 0 Å². The molecular formula is C16H31N3OS. The van der Waals surface area contributed by atoms with E-state index in [1.54, 1.807) is 4.90 Å². The van der Waals surface area contributed by atoms with Crippen molar-refractivity contribution in [2.45, 2.75) is 46.5 Å². The molecule has 1 aliphatic heterocycles. The third-order valence-electron chi connectivity index (χ3n) is 4.52. The van der Waals surface area contributed by atoms with Gasteiger partial charge in [0.25, 0.3) is 0 Å². The molecule has 1 heterocycles. The zero-order valence-electron chi connectivity index (χ0n) is 14.0. The van der Waals surface area contributed by atoms with Crippen LogP contribution in [0.1, 0.15) is 46.5 Å². The average Bonchev–Trinajstić information content (AvgIpc) is 2.60. The predicted octanol–water partition coefficient (Wildman–Crippen LogP) is 2.27. The van der Waals surface area contributed by atoms with E-state index in [4.69, 9.17) is 18.0 Å². The Kier molecular flexibility index (Phi) is 7.07. The number of hydrogen-bond donors (Lipinski definition) is 1. The molecule has 0 radical (unpaired) electrons. The maximum atomic E-state index is 12.2. The van der Waals surface area contributed by atoms with Crippen molar-refractivity contribution in [1.29, 1.82) is 0 Å². The number of rotatable bonds is 5. The normalized spacial score (nSPS) is 20.9. The van der Waals surface area contributed by atoms with Crippen LogP contribution >= 0.6 is 12.2 Å². The third-order valence-corrected chi connectivity index (χ3v) is 4.73. The van der Waals surface area contributed by atoms with Crippen molar-refractivity contribution in [3.8, 4) is 0 Å². The maximum absolute atomic E-state index is 12.2. The van der Waals surface area contributed by atoms with Crippen LogP contribution in [0.2, 0.25) is 0 Å². The Balaban J connectivity index is 2.41. The molecule has 21 heavy (non-hydrogen) atoms. The second kappa shape index (κ2) is 8.08. The topological polar surface area (TPSA) is 49.6 Å². The largest absolute Gasteiger partial charge is 0.393 e. The van der Waals surface area contributed by atoms with E-state index in [0.29, 0.717) is 29.9 Å². The molecule has 0 spiro atoms. The molecule has 122 valence electrons. The van der Waals surface area contributed by atoms with Gasteiger partial charge in [-0.05, 0) is 43.7 Å². The average molecular weight is 314 g/mol. The SMILES string of the molecule is CN(CCC(N)=S)C(=O)CN1CCCC(C(C)(C)C)CC1. The van der Waals surface area contributed by atoms with Crippen LogP contribution in [0.3, 0.4) is 0 Å². The quantitative estimate of drug-likeness (QED) is 0.791. The number of hydrogen-bond acceptors (Lipinski definition) is 3. The molecule has 1 saturated heterocycles. The number of carbonyl (C=O) groups excluding carboxylic acids is 1. The molecule has 0 aromatic heterocycles. The van der Waals surface area contributed by atoms with Crippen LogP contribution in [0.4, 0.5) is 0 Å². The second-order valence-corrected chi connectivity index (χ2v) is 7.83. The molecule has 0 aromatic rings. The van der Waals surface area contributed by atoms with Gasteiger partial charge in [-0.2, -0.15) is 0 Å². The molecular weight excluding hydrogens is 282 g/mol. The van der Waals surface area contributed by atoms with E-state index in [0.717, 1.165) is 19.0 Å². The van der Waals surface area contributed by atoms with Gasteiger partial charge in [0.2, 0.25) is 5.91 Å². The molecule has 0 saturated carbocycles. The van der Waals surface area contributed by atoms with Crippen LogP contribution in [0.15, 0.2) is 0 Å². The number of nitrogens with zero attached hydrogens (tertiary/aromatic N) is 2. The van der Waals surface area contributed by atoms with Gasteiger partial charge in [0.15, 0.2) is 0 Å². The first-order chi connectivity index (χ1) is 9.70. The first-order valence-electron chi connectivity index (χ1n) is 7.94. The van der Waals surface area contributed by atoms with Crippen LogP contribution < -0.4 is 5.73 Å². The summed E-state index contributed by atoms with van der Waals surface area (Å²) >= 11 is 4.86. The maximum Gasteiger partial charge on any atom is 0.236 e. The van der Waals surface area contributed by atoms with Crippen LogP contribution in [0.5, 0.6) is 0 Å². The van der Waals surface area contributed by atoms with Crippen LogP contribution in [-0.2, 0) is 4.79 Å². The molecule has 0 bridgehead atoms. The lowest BCUT2D eigenvalue weighted by Gasteiger charge is -2.30. The van der Waals surface area contributed by atoms with Gasteiger partial charge in [0, 0.05) is 20.0 Å². The minimum atomic E-state index is 0.167. The minimum absolute atomic E-state index is 0.167. The van der Waals surface area contributed by atoms with Gasteiger partial charge in [-0.1, -0.05) is 33.0 Å². The summed E-state index contributed by atoms with van der Waals surface area (Å²) in [6.45, 7) is 10.2. The highest BCUT2D eigenvalue weighted by Gasteiger charge is 2.27. The van der Waals surface area contributed by atoms with Crippen LogP contribution in [0.25, 0.3) is 0 Å². The van der Waals surface area contributed by atoms with Gasteiger partial charge in [-0.15, -0.1) is 0 Å².